The summed E-state index contributed by atoms with van der Waals surface area (Å²) in [5.74, 6) is -0.0372. The Morgan fingerprint density at radius 1 is 0.767 bits per heavy atom. The van der Waals surface area contributed by atoms with Crippen molar-refractivity contribution in [2.75, 3.05) is 20.8 Å². The number of carbonyl (C=O) groups is 3. The number of hydrazone groups is 1. The first kappa shape index (κ1) is 33.1. The fraction of sp³-hybridized carbons (Fsp3) is 0.412. The summed E-state index contributed by atoms with van der Waals surface area (Å²) in [6.07, 6.45) is 12.4. The van der Waals surface area contributed by atoms with Crippen LogP contribution in [0.15, 0.2) is 59.7 Å². The second-order valence-electron chi connectivity index (χ2n) is 10.3. The van der Waals surface area contributed by atoms with Crippen molar-refractivity contribution in [2.45, 2.75) is 71.1 Å². The molecule has 0 heterocycles. The third kappa shape index (κ3) is 10.7. The molecule has 0 unspecified atom stereocenters. The van der Waals surface area contributed by atoms with Gasteiger partial charge in [0.25, 0.3) is 5.91 Å². The van der Waals surface area contributed by atoms with Crippen LogP contribution in [0, 0.1) is 0 Å². The minimum Gasteiger partial charge on any atom is -0.493 e. The molecular weight excluding hydrogens is 546 g/mol. The Kier molecular flexibility index (Phi) is 14.0. The minimum absolute atomic E-state index is 0.152. The number of nitrogens with one attached hydrogen (secondary N) is 2. The summed E-state index contributed by atoms with van der Waals surface area (Å²) in [6, 6.07) is 15.8. The zero-order valence-corrected chi connectivity index (χ0v) is 25.4. The Balaban J connectivity index is 1.53. The van der Waals surface area contributed by atoms with Gasteiger partial charge in [-0.05, 0) is 41.5 Å². The van der Waals surface area contributed by atoms with Crippen LogP contribution in [-0.2, 0) is 9.59 Å². The molecule has 3 rings (SSSR count). The van der Waals surface area contributed by atoms with Gasteiger partial charge in [0, 0.05) is 12.0 Å². The Labute approximate surface area is 254 Å². The van der Waals surface area contributed by atoms with Crippen LogP contribution >= 0.6 is 0 Å². The summed E-state index contributed by atoms with van der Waals surface area (Å²) >= 11 is 0. The van der Waals surface area contributed by atoms with Crippen LogP contribution in [0.25, 0.3) is 10.8 Å². The zero-order valence-electron chi connectivity index (χ0n) is 25.4. The molecule has 230 valence electrons. The lowest BCUT2D eigenvalue weighted by atomic mass is 10.0. The number of amides is 2. The summed E-state index contributed by atoms with van der Waals surface area (Å²) in [6.45, 7) is 2.04. The monoisotopic (exact) mass is 589 g/mol. The third-order valence-electron chi connectivity index (χ3n) is 7.09. The number of carbonyl (C=O) groups excluding carboxylic acids is 3. The molecule has 0 atom stereocenters. The molecule has 2 N–H and O–H groups in total. The van der Waals surface area contributed by atoms with E-state index in [1.807, 2.05) is 30.3 Å². The molecule has 43 heavy (non-hydrogen) atoms. The first-order chi connectivity index (χ1) is 21.0. The molecule has 9 nitrogen and oxygen atoms in total. The molecule has 0 radical (unpaired) electrons. The van der Waals surface area contributed by atoms with Crippen molar-refractivity contribution in [3.63, 3.8) is 0 Å². The number of nitrogens with zero attached hydrogens (tertiary/aromatic N) is 1. The van der Waals surface area contributed by atoms with E-state index in [1.165, 1.54) is 59.0 Å². The molecule has 0 saturated heterocycles. The highest BCUT2D eigenvalue weighted by molar-refractivity contribution is 6.04. The van der Waals surface area contributed by atoms with Gasteiger partial charge in [-0.1, -0.05) is 88.6 Å². The number of benzene rings is 3. The standard InChI is InChI=1S/C34H43N3O6/c1-4-5-6-7-8-9-10-11-12-17-32(38)35-24-33(39)37-36-23-28-27-16-14-13-15-25(27)18-20-29(28)43-34(40)26-19-21-30(41-2)31(22-26)42-3/h13-16,18-23H,4-12,17,24H2,1-3H3,(H,35,38)(H,37,39)/b36-23-. The predicted octanol–water partition coefficient (Wildman–Crippen LogP) is 6.56. The number of hydrogen-bond acceptors (Lipinski definition) is 7. The highest BCUT2D eigenvalue weighted by Crippen LogP contribution is 2.30. The lowest BCUT2D eigenvalue weighted by Crippen LogP contribution is -2.34. The van der Waals surface area contributed by atoms with E-state index >= 15 is 0 Å². The quantitative estimate of drug-likeness (QED) is 0.0571. The van der Waals surface area contributed by atoms with E-state index in [2.05, 4.69) is 22.8 Å². The molecular formula is C34H43N3O6. The topological polar surface area (TPSA) is 115 Å². The molecule has 0 aliphatic carbocycles. The first-order valence-corrected chi connectivity index (χ1v) is 15.0. The Hall–Kier alpha value is -4.40. The van der Waals surface area contributed by atoms with E-state index in [9.17, 15) is 14.4 Å². The van der Waals surface area contributed by atoms with Gasteiger partial charge in [0.2, 0.25) is 5.91 Å². The van der Waals surface area contributed by atoms with E-state index in [0.717, 1.165) is 30.0 Å². The zero-order chi connectivity index (χ0) is 30.9. The lowest BCUT2D eigenvalue weighted by Gasteiger charge is -2.12. The van der Waals surface area contributed by atoms with Gasteiger partial charge in [-0.2, -0.15) is 5.10 Å². The van der Waals surface area contributed by atoms with Crippen LogP contribution in [-0.4, -0.2) is 44.8 Å². The Morgan fingerprint density at radius 3 is 2.16 bits per heavy atom. The van der Waals surface area contributed by atoms with Crippen molar-refractivity contribution in [2.24, 2.45) is 5.10 Å². The van der Waals surface area contributed by atoms with E-state index in [1.54, 1.807) is 24.3 Å². The maximum atomic E-state index is 13.0. The second-order valence-corrected chi connectivity index (χ2v) is 10.3. The fourth-order valence-corrected chi connectivity index (χ4v) is 4.69. The maximum absolute atomic E-state index is 13.0. The highest BCUT2D eigenvalue weighted by atomic mass is 16.5. The summed E-state index contributed by atoms with van der Waals surface area (Å²) in [5, 5.41) is 8.42. The van der Waals surface area contributed by atoms with Gasteiger partial charge in [-0.15, -0.1) is 0 Å². The van der Waals surface area contributed by atoms with Crippen molar-refractivity contribution < 1.29 is 28.6 Å². The Bertz CT molecular complexity index is 1390. The predicted molar refractivity (Wildman–Crippen MR) is 169 cm³/mol. The van der Waals surface area contributed by atoms with E-state index in [0.29, 0.717) is 23.5 Å². The van der Waals surface area contributed by atoms with E-state index in [4.69, 9.17) is 14.2 Å². The molecule has 2 amide bonds. The lowest BCUT2D eigenvalue weighted by molar-refractivity contribution is -0.126. The van der Waals surface area contributed by atoms with Crippen molar-refractivity contribution in [3.05, 3.63) is 65.7 Å². The number of methoxy groups -OCH3 is 2. The van der Waals surface area contributed by atoms with Gasteiger partial charge in [-0.25, -0.2) is 10.2 Å². The summed E-state index contributed by atoms with van der Waals surface area (Å²) in [7, 11) is 3.00. The van der Waals surface area contributed by atoms with Crippen molar-refractivity contribution in [1.82, 2.24) is 10.7 Å². The minimum atomic E-state index is -0.593. The van der Waals surface area contributed by atoms with Crippen LogP contribution in [0.1, 0.15) is 87.1 Å². The number of esters is 1. The van der Waals surface area contributed by atoms with Gasteiger partial charge in [0.05, 0.1) is 32.5 Å². The van der Waals surface area contributed by atoms with Crippen LogP contribution in [0.3, 0.4) is 0 Å². The molecule has 0 aromatic heterocycles. The third-order valence-corrected chi connectivity index (χ3v) is 7.09. The molecule has 9 heteroatoms. The summed E-state index contributed by atoms with van der Waals surface area (Å²) in [5.41, 5.74) is 3.23. The van der Waals surface area contributed by atoms with Crippen molar-refractivity contribution in [1.29, 1.82) is 0 Å². The van der Waals surface area contributed by atoms with Gasteiger partial charge >= 0.3 is 5.97 Å². The van der Waals surface area contributed by atoms with Crippen molar-refractivity contribution in [3.8, 4) is 17.2 Å². The second kappa shape index (κ2) is 18.2. The molecule has 3 aromatic carbocycles. The van der Waals surface area contributed by atoms with Gasteiger partial charge in [0.1, 0.15) is 5.75 Å². The SMILES string of the molecule is CCCCCCCCCCCC(=O)NCC(=O)N/N=C\c1c(OC(=O)c2ccc(OC)c(OC)c2)ccc2ccccc12. The van der Waals surface area contributed by atoms with Crippen LogP contribution in [0.5, 0.6) is 17.2 Å². The number of rotatable bonds is 18. The number of fused-ring (bicyclic) bond motifs is 1. The van der Waals surface area contributed by atoms with Gasteiger partial charge in [0.15, 0.2) is 11.5 Å². The molecule has 0 bridgehead atoms. The average molecular weight is 590 g/mol. The molecule has 0 saturated carbocycles. The van der Waals surface area contributed by atoms with Crippen LogP contribution < -0.4 is 25.0 Å². The highest BCUT2D eigenvalue weighted by Gasteiger charge is 2.16. The molecule has 0 aliphatic rings. The van der Waals surface area contributed by atoms with Gasteiger partial charge < -0.3 is 19.5 Å². The average Bonchev–Trinajstić information content (AvgIpc) is 3.03. The molecule has 0 aliphatic heterocycles. The number of hydrogen-bond donors (Lipinski definition) is 2. The number of unbranched alkanes of at least 4 members (excludes halogenated alkanes) is 8. The Morgan fingerprint density at radius 2 is 1.44 bits per heavy atom. The molecule has 3 aromatic rings. The van der Waals surface area contributed by atoms with Crippen molar-refractivity contribution >= 4 is 34.8 Å². The maximum Gasteiger partial charge on any atom is 0.343 e. The van der Waals surface area contributed by atoms with Crippen LogP contribution in [0.4, 0.5) is 0 Å². The smallest absolute Gasteiger partial charge is 0.343 e. The summed E-state index contributed by atoms with van der Waals surface area (Å²) in [4.78, 5) is 37.5. The number of ether oxygens (including phenoxy) is 3. The largest absolute Gasteiger partial charge is 0.493 e. The summed E-state index contributed by atoms with van der Waals surface area (Å²) < 4.78 is 16.3. The normalized spacial score (nSPS) is 11.0. The molecule has 0 spiro atoms. The fourth-order valence-electron chi connectivity index (χ4n) is 4.69. The van der Waals surface area contributed by atoms with E-state index in [-0.39, 0.29) is 23.8 Å². The van der Waals surface area contributed by atoms with Crippen LogP contribution in [0.2, 0.25) is 0 Å². The van der Waals surface area contributed by atoms with E-state index < -0.39 is 11.9 Å². The van der Waals surface area contributed by atoms with Gasteiger partial charge in [-0.3, -0.25) is 9.59 Å². The molecule has 0 fully saturated rings. The first-order valence-electron chi connectivity index (χ1n) is 15.0.